The average molecular weight is 703 g/mol. The first-order valence-electron chi connectivity index (χ1n) is 16.7. The fourth-order valence-corrected chi connectivity index (χ4v) is 6.80. The maximum absolute atomic E-state index is 11.5. The number of nitrogens with two attached hydrogens (primary N) is 1. The van der Waals surface area contributed by atoms with Crippen molar-refractivity contribution in [3.8, 4) is 39.8 Å². The largest absolute Gasteiger partial charge is 0.488 e. The number of nitrogens with zero attached hydrogens (tertiary/aromatic N) is 2. The molecule has 2 atom stereocenters. The van der Waals surface area contributed by atoms with E-state index in [1.165, 1.54) is 34.0 Å². The molecule has 0 radical (unpaired) electrons. The molecule has 6 rings (SSSR count). The van der Waals surface area contributed by atoms with E-state index in [1.54, 1.807) is 24.4 Å². The number of carboxylic acids is 1. The number of pyridine rings is 1. The quantitative estimate of drug-likeness (QED) is 0.105. The van der Waals surface area contributed by atoms with E-state index < -0.39 is 18.6 Å². The van der Waals surface area contributed by atoms with Crippen molar-refractivity contribution in [1.82, 2.24) is 10.3 Å². The summed E-state index contributed by atoms with van der Waals surface area (Å²) in [6.07, 6.45) is 4.90. The molecule has 1 aromatic heterocycles. The third-order valence-corrected chi connectivity index (χ3v) is 9.68. The van der Waals surface area contributed by atoms with Gasteiger partial charge in [-0.05, 0) is 88.9 Å². The predicted molar refractivity (Wildman–Crippen MR) is 197 cm³/mol. The van der Waals surface area contributed by atoms with Crippen molar-refractivity contribution in [2.75, 3.05) is 6.61 Å². The number of nitriles is 1. The lowest BCUT2D eigenvalue weighted by Gasteiger charge is -2.19. The van der Waals surface area contributed by atoms with Crippen molar-refractivity contribution in [2.45, 2.75) is 58.5 Å². The second-order valence-electron chi connectivity index (χ2n) is 12.8. The van der Waals surface area contributed by atoms with E-state index in [1.807, 2.05) is 12.1 Å². The number of hydrogen-bond acceptors (Lipinski definition) is 8. The van der Waals surface area contributed by atoms with Crippen LogP contribution < -0.4 is 20.5 Å². The molecule has 5 N–H and O–H groups in total. The van der Waals surface area contributed by atoms with Gasteiger partial charge in [-0.15, -0.1) is 0 Å². The molecule has 1 aliphatic carbocycles. The van der Waals surface area contributed by atoms with E-state index in [0.717, 1.165) is 35.1 Å². The molecule has 1 aliphatic rings. The molecule has 9 nitrogen and oxygen atoms in total. The molecule has 5 aromatic rings. The summed E-state index contributed by atoms with van der Waals surface area (Å²) in [5.41, 5.74) is 18.4. The van der Waals surface area contributed by atoms with E-state index in [-0.39, 0.29) is 25.8 Å². The number of hydrogen-bond donors (Lipinski definition) is 4. The van der Waals surface area contributed by atoms with Crippen LogP contribution in [0.15, 0.2) is 85.2 Å². The minimum atomic E-state index is -1.18. The highest BCUT2D eigenvalue weighted by Gasteiger charge is 2.21. The molecule has 0 fully saturated rings. The standard InChI is InChI=1S/C41H39ClN4O5/c1-24-30(5-3-7-35(24)36-8-4-6-34(25(36)2)29-10-9-28-13-33(44)14-31(28)12-29)23-51-40-16-39(50-22-27-11-26(17-43)18-45-19-27)32(15-37(40)42)20-46-38(21-47)41(48)49/h3-12,15-16,18-19,33,38,46-47H,13-14,20-23,44H2,1-2H3,(H,48,49). The molecule has 0 spiro atoms. The lowest BCUT2D eigenvalue weighted by Crippen LogP contribution is -2.39. The molecule has 0 saturated carbocycles. The number of aromatic nitrogens is 1. The van der Waals surface area contributed by atoms with Gasteiger partial charge in [-0.3, -0.25) is 15.1 Å². The number of halogens is 1. The number of aliphatic hydroxyl groups is 1. The van der Waals surface area contributed by atoms with Gasteiger partial charge in [0, 0.05) is 42.2 Å². The molecule has 10 heteroatoms. The second-order valence-corrected chi connectivity index (χ2v) is 13.2. The Hall–Kier alpha value is -5.24. The molecular weight excluding hydrogens is 664 g/mol. The van der Waals surface area contributed by atoms with Gasteiger partial charge in [0.2, 0.25) is 0 Å². The first-order chi connectivity index (χ1) is 24.6. The number of ether oxygens (including phenoxy) is 2. The van der Waals surface area contributed by atoms with Gasteiger partial charge in [0.25, 0.3) is 0 Å². The molecule has 4 aromatic carbocycles. The SMILES string of the molecule is Cc1c(COc2cc(OCc3cncc(C#N)c3)c(CNC(CO)C(=O)O)cc2Cl)cccc1-c1cccc(-c2ccc3c(c2)CC(N)C3)c1C. The molecule has 2 unspecified atom stereocenters. The summed E-state index contributed by atoms with van der Waals surface area (Å²) in [7, 11) is 0. The van der Waals surface area contributed by atoms with E-state index in [2.05, 4.69) is 72.7 Å². The zero-order chi connectivity index (χ0) is 36.1. The number of benzene rings is 4. The number of carbonyl (C=O) groups is 1. The Morgan fingerprint density at radius 1 is 0.941 bits per heavy atom. The molecule has 0 amide bonds. The molecule has 0 bridgehead atoms. The van der Waals surface area contributed by atoms with E-state index >= 15 is 0 Å². The molecule has 51 heavy (non-hydrogen) atoms. The van der Waals surface area contributed by atoms with E-state index in [0.29, 0.717) is 33.2 Å². The van der Waals surface area contributed by atoms with Crippen LogP contribution in [0.25, 0.3) is 22.3 Å². The van der Waals surface area contributed by atoms with Crippen LogP contribution >= 0.6 is 11.6 Å². The number of carboxylic acid groups (broad SMARTS) is 1. The maximum Gasteiger partial charge on any atom is 0.323 e. The minimum absolute atomic E-state index is 0.0574. The Morgan fingerprint density at radius 3 is 2.43 bits per heavy atom. The van der Waals surface area contributed by atoms with Crippen molar-refractivity contribution >= 4 is 17.6 Å². The Labute approximate surface area is 302 Å². The average Bonchev–Trinajstić information content (AvgIpc) is 3.51. The Morgan fingerprint density at radius 2 is 1.67 bits per heavy atom. The number of nitrogens with one attached hydrogen (secondary N) is 1. The number of aliphatic carboxylic acids is 1. The summed E-state index contributed by atoms with van der Waals surface area (Å²) in [6.45, 7) is 4.05. The van der Waals surface area contributed by atoms with Crippen LogP contribution in [0.1, 0.15) is 44.5 Å². The van der Waals surface area contributed by atoms with E-state index in [9.17, 15) is 20.3 Å². The second kappa shape index (κ2) is 15.8. The Bertz CT molecular complexity index is 2130. The van der Waals surface area contributed by atoms with Crippen LogP contribution in [0, 0.1) is 25.2 Å². The Kier molecular flexibility index (Phi) is 11.0. The van der Waals surface area contributed by atoms with Crippen LogP contribution in [-0.2, 0) is 37.4 Å². The third kappa shape index (κ3) is 8.06. The third-order valence-electron chi connectivity index (χ3n) is 9.39. The molecular formula is C41H39ClN4O5. The van der Waals surface area contributed by atoms with Crippen LogP contribution in [0.4, 0.5) is 0 Å². The summed E-state index contributed by atoms with van der Waals surface area (Å²) in [5, 5.41) is 31.3. The predicted octanol–water partition coefficient (Wildman–Crippen LogP) is 6.68. The lowest BCUT2D eigenvalue weighted by molar-refractivity contribution is -0.140. The molecule has 1 heterocycles. The summed E-state index contributed by atoms with van der Waals surface area (Å²) in [6, 6.07) is 25.4. The van der Waals surface area contributed by atoms with Gasteiger partial charge < -0.3 is 25.4 Å². The Balaban J connectivity index is 1.25. The van der Waals surface area contributed by atoms with Crippen LogP contribution in [0.3, 0.4) is 0 Å². The zero-order valence-corrected chi connectivity index (χ0v) is 29.2. The van der Waals surface area contributed by atoms with Crippen molar-refractivity contribution < 1.29 is 24.5 Å². The minimum Gasteiger partial charge on any atom is -0.488 e. The highest BCUT2D eigenvalue weighted by molar-refractivity contribution is 6.32. The molecule has 0 aliphatic heterocycles. The first-order valence-corrected chi connectivity index (χ1v) is 17.1. The smallest absolute Gasteiger partial charge is 0.323 e. The van der Waals surface area contributed by atoms with Gasteiger partial charge in [0.05, 0.1) is 17.2 Å². The van der Waals surface area contributed by atoms with Gasteiger partial charge in [-0.25, -0.2) is 0 Å². The first kappa shape index (κ1) is 35.6. The van der Waals surface area contributed by atoms with Gasteiger partial charge in [-0.2, -0.15) is 5.26 Å². The lowest BCUT2D eigenvalue weighted by atomic mass is 9.89. The van der Waals surface area contributed by atoms with Gasteiger partial charge in [0.15, 0.2) is 0 Å². The van der Waals surface area contributed by atoms with Crippen LogP contribution in [0.5, 0.6) is 11.5 Å². The molecule has 0 saturated heterocycles. The topological polar surface area (TPSA) is 151 Å². The fraction of sp³-hybridized carbons (Fsp3) is 0.244. The van der Waals surface area contributed by atoms with Crippen molar-refractivity contribution in [2.24, 2.45) is 5.73 Å². The van der Waals surface area contributed by atoms with Crippen molar-refractivity contribution in [1.29, 1.82) is 5.26 Å². The van der Waals surface area contributed by atoms with Crippen LogP contribution in [-0.4, -0.2) is 39.9 Å². The number of rotatable bonds is 13. The summed E-state index contributed by atoms with van der Waals surface area (Å²) in [4.78, 5) is 15.6. The molecule has 260 valence electrons. The van der Waals surface area contributed by atoms with Gasteiger partial charge >= 0.3 is 5.97 Å². The van der Waals surface area contributed by atoms with E-state index in [4.69, 9.17) is 26.8 Å². The van der Waals surface area contributed by atoms with Crippen LogP contribution in [0.2, 0.25) is 5.02 Å². The monoisotopic (exact) mass is 702 g/mol. The number of aliphatic hydroxyl groups excluding tert-OH is 1. The zero-order valence-electron chi connectivity index (χ0n) is 28.4. The van der Waals surface area contributed by atoms with Gasteiger partial charge in [-0.1, -0.05) is 66.2 Å². The maximum atomic E-state index is 11.5. The van der Waals surface area contributed by atoms with Crippen molar-refractivity contribution in [3.05, 3.63) is 135 Å². The summed E-state index contributed by atoms with van der Waals surface area (Å²) < 4.78 is 12.5. The summed E-state index contributed by atoms with van der Waals surface area (Å²) in [5.74, 6) is -0.397. The highest BCUT2D eigenvalue weighted by Crippen LogP contribution is 2.37. The van der Waals surface area contributed by atoms with Gasteiger partial charge in [0.1, 0.15) is 36.8 Å². The normalized spacial score (nSPS) is 14.1. The highest BCUT2D eigenvalue weighted by atomic mass is 35.5. The number of fused-ring (bicyclic) bond motifs is 1. The fourth-order valence-electron chi connectivity index (χ4n) is 6.56. The van der Waals surface area contributed by atoms with Crippen molar-refractivity contribution in [3.63, 3.8) is 0 Å². The summed E-state index contributed by atoms with van der Waals surface area (Å²) >= 11 is 6.72.